The molecule has 1 saturated heterocycles. The van der Waals surface area contributed by atoms with Gasteiger partial charge in [0, 0.05) is 56.5 Å². The molecule has 1 N–H and O–H groups in total. The third-order valence-corrected chi connectivity index (χ3v) is 4.60. The molecule has 4 rings (SSSR count). The number of nitrogens with one attached hydrogen (secondary N) is 1. The maximum atomic E-state index is 13.3. The minimum absolute atomic E-state index is 0.106. The standard InChI is InChI=1S/C20H18F2N6O/c21-16-4-3-15(12-17(16)22)26-18-5-2-14(13-25-18)19(29)27-8-10-28(11-9-27)20-23-6-1-7-24-20/h1-7,12-13H,8-11H2,(H,25,26). The first-order valence-electron chi connectivity index (χ1n) is 9.09. The summed E-state index contributed by atoms with van der Waals surface area (Å²) in [6.07, 6.45) is 4.86. The van der Waals surface area contributed by atoms with Gasteiger partial charge in [0.2, 0.25) is 5.95 Å². The Hall–Kier alpha value is -3.62. The monoisotopic (exact) mass is 396 g/mol. The van der Waals surface area contributed by atoms with Gasteiger partial charge < -0.3 is 15.1 Å². The predicted octanol–water partition coefficient (Wildman–Crippen LogP) is 2.86. The van der Waals surface area contributed by atoms with E-state index in [1.54, 1.807) is 35.5 Å². The van der Waals surface area contributed by atoms with Gasteiger partial charge in [0.25, 0.3) is 5.91 Å². The molecule has 2 aromatic heterocycles. The molecule has 0 aliphatic carbocycles. The van der Waals surface area contributed by atoms with Gasteiger partial charge in [-0.2, -0.15) is 0 Å². The van der Waals surface area contributed by atoms with Gasteiger partial charge >= 0.3 is 0 Å². The van der Waals surface area contributed by atoms with Crippen LogP contribution in [0, 0.1) is 11.6 Å². The Morgan fingerprint density at radius 3 is 2.34 bits per heavy atom. The van der Waals surface area contributed by atoms with E-state index in [9.17, 15) is 13.6 Å². The second-order valence-corrected chi connectivity index (χ2v) is 6.51. The molecule has 0 unspecified atom stereocenters. The molecule has 1 amide bonds. The predicted molar refractivity (Wildman–Crippen MR) is 104 cm³/mol. The van der Waals surface area contributed by atoms with E-state index in [1.807, 2.05) is 4.90 Å². The van der Waals surface area contributed by atoms with Crippen LogP contribution in [-0.2, 0) is 0 Å². The van der Waals surface area contributed by atoms with Gasteiger partial charge in [-0.25, -0.2) is 23.7 Å². The number of carbonyl (C=O) groups excluding carboxylic acids is 1. The molecule has 3 heterocycles. The number of aromatic nitrogens is 3. The lowest BCUT2D eigenvalue weighted by Crippen LogP contribution is -2.49. The number of hydrogen-bond acceptors (Lipinski definition) is 6. The highest BCUT2D eigenvalue weighted by Crippen LogP contribution is 2.18. The van der Waals surface area contributed by atoms with Gasteiger partial charge in [0.15, 0.2) is 11.6 Å². The average molecular weight is 396 g/mol. The first kappa shape index (κ1) is 18.7. The van der Waals surface area contributed by atoms with Crippen LogP contribution in [0.2, 0.25) is 0 Å². The van der Waals surface area contributed by atoms with E-state index >= 15 is 0 Å². The molecule has 9 heteroatoms. The number of halogens is 2. The van der Waals surface area contributed by atoms with Crippen molar-refractivity contribution in [3.63, 3.8) is 0 Å². The number of anilines is 3. The van der Waals surface area contributed by atoms with Crippen molar-refractivity contribution in [2.45, 2.75) is 0 Å². The maximum absolute atomic E-state index is 13.3. The largest absolute Gasteiger partial charge is 0.340 e. The van der Waals surface area contributed by atoms with Crippen molar-refractivity contribution in [2.75, 3.05) is 36.4 Å². The molecule has 29 heavy (non-hydrogen) atoms. The summed E-state index contributed by atoms with van der Waals surface area (Å²) in [5.41, 5.74) is 0.833. The first-order valence-corrected chi connectivity index (χ1v) is 9.09. The normalized spacial score (nSPS) is 14.0. The molecule has 7 nitrogen and oxygen atoms in total. The molecule has 1 fully saturated rings. The number of piperazine rings is 1. The van der Waals surface area contributed by atoms with E-state index in [4.69, 9.17) is 0 Å². The topological polar surface area (TPSA) is 74.2 Å². The summed E-state index contributed by atoms with van der Waals surface area (Å²) >= 11 is 0. The van der Waals surface area contributed by atoms with Gasteiger partial charge in [0.05, 0.1) is 5.56 Å². The van der Waals surface area contributed by atoms with Crippen molar-refractivity contribution in [2.24, 2.45) is 0 Å². The average Bonchev–Trinajstić information content (AvgIpc) is 2.77. The Labute approximate surface area is 166 Å². The van der Waals surface area contributed by atoms with E-state index in [0.717, 1.165) is 12.1 Å². The Bertz CT molecular complexity index is 992. The second-order valence-electron chi connectivity index (χ2n) is 6.51. The third kappa shape index (κ3) is 4.29. The van der Waals surface area contributed by atoms with Crippen LogP contribution in [0.1, 0.15) is 10.4 Å². The fraction of sp³-hybridized carbons (Fsp3) is 0.200. The molecule has 0 radical (unpaired) electrons. The fourth-order valence-electron chi connectivity index (χ4n) is 3.06. The highest BCUT2D eigenvalue weighted by atomic mass is 19.2. The number of pyridine rings is 1. The van der Waals surface area contributed by atoms with Gasteiger partial charge in [-0.1, -0.05) is 0 Å². The van der Waals surface area contributed by atoms with E-state index in [2.05, 4.69) is 20.3 Å². The number of rotatable bonds is 4. The number of carbonyl (C=O) groups is 1. The summed E-state index contributed by atoms with van der Waals surface area (Å²) in [6, 6.07) is 8.55. The zero-order valence-corrected chi connectivity index (χ0v) is 15.4. The molecule has 148 valence electrons. The van der Waals surface area contributed by atoms with Crippen molar-refractivity contribution in [3.05, 3.63) is 72.2 Å². The third-order valence-electron chi connectivity index (χ3n) is 4.60. The molecule has 0 atom stereocenters. The smallest absolute Gasteiger partial charge is 0.255 e. The zero-order chi connectivity index (χ0) is 20.2. The van der Waals surface area contributed by atoms with Crippen LogP contribution in [-0.4, -0.2) is 51.9 Å². The Balaban J connectivity index is 1.36. The SMILES string of the molecule is O=C(c1ccc(Nc2ccc(F)c(F)c2)nc1)N1CCN(c2ncccn2)CC1. The summed E-state index contributed by atoms with van der Waals surface area (Å²) in [6.45, 7) is 2.43. The van der Waals surface area contributed by atoms with E-state index in [1.165, 1.54) is 12.3 Å². The lowest BCUT2D eigenvalue weighted by molar-refractivity contribution is 0.0746. The quantitative estimate of drug-likeness (QED) is 0.731. The number of amides is 1. The lowest BCUT2D eigenvalue weighted by Gasteiger charge is -2.34. The Morgan fingerprint density at radius 2 is 1.69 bits per heavy atom. The van der Waals surface area contributed by atoms with Gasteiger partial charge in [-0.15, -0.1) is 0 Å². The fourth-order valence-corrected chi connectivity index (χ4v) is 3.06. The van der Waals surface area contributed by atoms with Gasteiger partial charge in [0.1, 0.15) is 5.82 Å². The number of nitrogens with zero attached hydrogens (tertiary/aromatic N) is 5. The van der Waals surface area contributed by atoms with E-state index < -0.39 is 11.6 Å². The van der Waals surface area contributed by atoms with Gasteiger partial charge in [-0.3, -0.25) is 4.79 Å². The molecule has 0 bridgehead atoms. The van der Waals surface area contributed by atoms with Crippen LogP contribution in [0.25, 0.3) is 0 Å². The highest BCUT2D eigenvalue weighted by Gasteiger charge is 2.23. The summed E-state index contributed by atoms with van der Waals surface area (Å²) < 4.78 is 26.3. The summed E-state index contributed by atoms with van der Waals surface area (Å²) in [7, 11) is 0. The summed E-state index contributed by atoms with van der Waals surface area (Å²) in [5, 5.41) is 2.88. The van der Waals surface area contributed by atoms with Crippen LogP contribution in [0.15, 0.2) is 55.0 Å². The van der Waals surface area contributed by atoms with Crippen molar-refractivity contribution in [1.29, 1.82) is 0 Å². The van der Waals surface area contributed by atoms with Crippen LogP contribution in [0.5, 0.6) is 0 Å². The van der Waals surface area contributed by atoms with E-state index in [-0.39, 0.29) is 5.91 Å². The first-order chi connectivity index (χ1) is 14.1. The molecular weight excluding hydrogens is 378 g/mol. The van der Waals surface area contributed by atoms with Crippen LogP contribution in [0.3, 0.4) is 0 Å². The minimum Gasteiger partial charge on any atom is -0.340 e. The molecule has 1 aliphatic rings. The number of hydrogen-bond donors (Lipinski definition) is 1. The number of benzene rings is 1. The van der Waals surface area contributed by atoms with Crippen LogP contribution in [0.4, 0.5) is 26.2 Å². The van der Waals surface area contributed by atoms with E-state index in [0.29, 0.717) is 49.2 Å². The molecule has 3 aromatic rings. The van der Waals surface area contributed by atoms with Crippen molar-refractivity contribution >= 4 is 23.4 Å². The summed E-state index contributed by atoms with van der Waals surface area (Å²) in [4.78, 5) is 29.2. The maximum Gasteiger partial charge on any atom is 0.255 e. The molecule has 0 saturated carbocycles. The molecule has 0 spiro atoms. The minimum atomic E-state index is -0.943. The Kier molecular flexibility index (Phi) is 5.28. The van der Waals surface area contributed by atoms with Crippen LogP contribution < -0.4 is 10.2 Å². The summed E-state index contributed by atoms with van der Waals surface area (Å²) in [5.74, 6) is -0.872. The lowest BCUT2D eigenvalue weighted by atomic mass is 10.2. The molecule has 1 aromatic carbocycles. The van der Waals surface area contributed by atoms with Crippen LogP contribution >= 0.6 is 0 Å². The Morgan fingerprint density at radius 1 is 0.931 bits per heavy atom. The van der Waals surface area contributed by atoms with Crippen molar-refractivity contribution in [1.82, 2.24) is 19.9 Å². The zero-order valence-electron chi connectivity index (χ0n) is 15.4. The highest BCUT2D eigenvalue weighted by molar-refractivity contribution is 5.94. The van der Waals surface area contributed by atoms with Crippen molar-refractivity contribution in [3.8, 4) is 0 Å². The molecular formula is C20H18F2N6O. The van der Waals surface area contributed by atoms with Crippen molar-refractivity contribution < 1.29 is 13.6 Å². The second kappa shape index (κ2) is 8.17. The molecule has 1 aliphatic heterocycles. The van der Waals surface area contributed by atoms with Gasteiger partial charge in [-0.05, 0) is 30.3 Å².